The van der Waals surface area contributed by atoms with Gasteiger partial charge in [0.2, 0.25) is 11.8 Å². The average Bonchev–Trinajstić information content (AvgIpc) is 3.02. The molecule has 0 spiro atoms. The Labute approximate surface area is 156 Å². The molecular weight excluding hydrogens is 328 g/mol. The van der Waals surface area contributed by atoms with Crippen LogP contribution in [0.4, 0.5) is 5.69 Å². The van der Waals surface area contributed by atoms with Gasteiger partial charge in [-0.1, -0.05) is 18.2 Å². The highest BCUT2D eigenvalue weighted by Crippen LogP contribution is 2.21. The van der Waals surface area contributed by atoms with Crippen LogP contribution in [0.15, 0.2) is 30.3 Å². The van der Waals surface area contributed by atoms with E-state index in [0.717, 1.165) is 32.5 Å². The minimum atomic E-state index is -0.197. The fourth-order valence-electron chi connectivity index (χ4n) is 3.72. The number of likely N-dealkylation sites (N-methyl/N-ethyl adjacent to an activating group) is 1. The van der Waals surface area contributed by atoms with Gasteiger partial charge in [0, 0.05) is 50.9 Å². The van der Waals surface area contributed by atoms with Gasteiger partial charge in [0.15, 0.2) is 0 Å². The molecule has 0 unspecified atom stereocenters. The molecule has 2 aliphatic heterocycles. The normalized spacial score (nSPS) is 21.5. The number of rotatable bonds is 6. The van der Waals surface area contributed by atoms with E-state index in [9.17, 15) is 9.59 Å². The zero-order valence-corrected chi connectivity index (χ0v) is 15.9. The lowest BCUT2D eigenvalue weighted by molar-refractivity contribution is -0.129. The first kappa shape index (κ1) is 18.7. The van der Waals surface area contributed by atoms with Crippen molar-refractivity contribution in [3.8, 4) is 0 Å². The number of carbonyl (C=O) groups is 2. The summed E-state index contributed by atoms with van der Waals surface area (Å²) in [6.45, 7) is 3.99. The fourth-order valence-corrected chi connectivity index (χ4v) is 3.72. The number of anilines is 1. The first-order valence-electron chi connectivity index (χ1n) is 9.56. The average molecular weight is 358 g/mol. The molecule has 2 amide bonds. The number of hydrogen-bond donors (Lipinski definition) is 1. The van der Waals surface area contributed by atoms with Crippen molar-refractivity contribution in [3.05, 3.63) is 30.3 Å². The monoisotopic (exact) mass is 358 g/mol. The van der Waals surface area contributed by atoms with Gasteiger partial charge in [-0.05, 0) is 39.1 Å². The predicted molar refractivity (Wildman–Crippen MR) is 103 cm³/mol. The van der Waals surface area contributed by atoms with E-state index in [4.69, 9.17) is 0 Å². The van der Waals surface area contributed by atoms with Crippen molar-refractivity contribution >= 4 is 17.5 Å². The summed E-state index contributed by atoms with van der Waals surface area (Å²) in [5.74, 6) is -0.0495. The SMILES string of the molecule is CN(C)CCN1C[C@@H](C(=O)NC2CCN(c3ccccc3)CC2)CC1=O. The summed E-state index contributed by atoms with van der Waals surface area (Å²) in [7, 11) is 3.99. The Kier molecular flexibility index (Phi) is 6.14. The van der Waals surface area contributed by atoms with Gasteiger partial charge in [-0.15, -0.1) is 0 Å². The molecule has 0 bridgehead atoms. The molecule has 1 atom stereocenters. The second kappa shape index (κ2) is 8.54. The standard InChI is InChI=1S/C20H30N4O2/c1-22(2)12-13-24-15-16(14-19(24)25)20(26)21-17-8-10-23(11-9-17)18-6-4-3-5-7-18/h3-7,16-17H,8-15H2,1-2H3,(H,21,26)/t16-/m0/s1. The number of nitrogens with zero attached hydrogens (tertiary/aromatic N) is 3. The molecule has 26 heavy (non-hydrogen) atoms. The summed E-state index contributed by atoms with van der Waals surface area (Å²) in [4.78, 5) is 30.9. The van der Waals surface area contributed by atoms with Crippen molar-refractivity contribution in [3.63, 3.8) is 0 Å². The highest BCUT2D eigenvalue weighted by Gasteiger charge is 2.35. The van der Waals surface area contributed by atoms with E-state index in [-0.39, 0.29) is 23.8 Å². The van der Waals surface area contributed by atoms with Crippen LogP contribution >= 0.6 is 0 Å². The third kappa shape index (κ3) is 4.75. The van der Waals surface area contributed by atoms with Gasteiger partial charge in [0.25, 0.3) is 0 Å². The van der Waals surface area contributed by atoms with Crippen LogP contribution in [-0.4, -0.2) is 74.5 Å². The fraction of sp³-hybridized carbons (Fsp3) is 0.600. The largest absolute Gasteiger partial charge is 0.371 e. The molecular formula is C20H30N4O2. The Balaban J connectivity index is 1.44. The van der Waals surface area contributed by atoms with Crippen molar-refractivity contribution in [1.82, 2.24) is 15.1 Å². The summed E-state index contributed by atoms with van der Waals surface area (Å²) >= 11 is 0. The molecule has 2 aliphatic rings. The lowest BCUT2D eigenvalue weighted by atomic mass is 10.0. The van der Waals surface area contributed by atoms with E-state index in [1.807, 2.05) is 25.1 Å². The van der Waals surface area contributed by atoms with Crippen LogP contribution in [0.3, 0.4) is 0 Å². The van der Waals surface area contributed by atoms with Gasteiger partial charge in [-0.2, -0.15) is 0 Å². The molecule has 6 nitrogen and oxygen atoms in total. The molecule has 6 heteroatoms. The van der Waals surface area contributed by atoms with Crippen molar-refractivity contribution in [1.29, 1.82) is 0 Å². The topological polar surface area (TPSA) is 55.9 Å². The van der Waals surface area contributed by atoms with Crippen LogP contribution in [0.2, 0.25) is 0 Å². The summed E-state index contributed by atoms with van der Waals surface area (Å²) < 4.78 is 0. The van der Waals surface area contributed by atoms with Gasteiger partial charge in [0.1, 0.15) is 0 Å². The molecule has 2 saturated heterocycles. The number of carbonyl (C=O) groups excluding carboxylic acids is 2. The van der Waals surface area contributed by atoms with Gasteiger partial charge < -0.3 is 20.0 Å². The Morgan fingerprint density at radius 3 is 2.54 bits per heavy atom. The van der Waals surface area contributed by atoms with Crippen molar-refractivity contribution in [2.24, 2.45) is 5.92 Å². The van der Waals surface area contributed by atoms with E-state index in [2.05, 4.69) is 39.4 Å². The molecule has 1 N–H and O–H groups in total. The highest BCUT2D eigenvalue weighted by molar-refractivity contribution is 5.89. The van der Waals surface area contributed by atoms with Crippen LogP contribution in [0, 0.1) is 5.92 Å². The van der Waals surface area contributed by atoms with Crippen LogP contribution in [0.25, 0.3) is 0 Å². The first-order valence-corrected chi connectivity index (χ1v) is 9.56. The van der Waals surface area contributed by atoms with Crippen molar-refractivity contribution in [2.75, 3.05) is 51.7 Å². The maximum Gasteiger partial charge on any atom is 0.225 e. The Bertz CT molecular complexity index is 611. The third-order valence-corrected chi connectivity index (χ3v) is 5.37. The Morgan fingerprint density at radius 1 is 1.19 bits per heavy atom. The summed E-state index contributed by atoms with van der Waals surface area (Å²) in [5, 5.41) is 3.18. The maximum atomic E-state index is 12.6. The zero-order valence-electron chi connectivity index (χ0n) is 15.9. The quantitative estimate of drug-likeness (QED) is 0.830. The minimum Gasteiger partial charge on any atom is -0.371 e. The second-order valence-corrected chi connectivity index (χ2v) is 7.65. The predicted octanol–water partition coefficient (Wildman–Crippen LogP) is 1.18. The van der Waals surface area contributed by atoms with Gasteiger partial charge in [-0.3, -0.25) is 9.59 Å². The second-order valence-electron chi connectivity index (χ2n) is 7.65. The Hall–Kier alpha value is -2.08. The van der Waals surface area contributed by atoms with Gasteiger partial charge in [-0.25, -0.2) is 0 Å². The molecule has 0 radical (unpaired) electrons. The van der Waals surface area contributed by atoms with Gasteiger partial charge >= 0.3 is 0 Å². The maximum absolute atomic E-state index is 12.6. The minimum absolute atomic E-state index is 0.0452. The number of nitrogens with one attached hydrogen (secondary N) is 1. The number of hydrogen-bond acceptors (Lipinski definition) is 4. The van der Waals surface area contributed by atoms with E-state index < -0.39 is 0 Å². The number of benzene rings is 1. The van der Waals surface area contributed by atoms with Crippen LogP contribution in [0.5, 0.6) is 0 Å². The Morgan fingerprint density at radius 2 is 1.88 bits per heavy atom. The van der Waals surface area contributed by atoms with Crippen molar-refractivity contribution in [2.45, 2.75) is 25.3 Å². The summed E-state index contributed by atoms with van der Waals surface area (Å²) in [5.41, 5.74) is 1.25. The molecule has 0 saturated carbocycles. The molecule has 3 rings (SSSR count). The lowest BCUT2D eigenvalue weighted by Crippen LogP contribution is -2.46. The van der Waals surface area contributed by atoms with Crippen molar-refractivity contribution < 1.29 is 9.59 Å². The first-order chi connectivity index (χ1) is 12.5. The molecule has 1 aromatic rings. The molecule has 2 heterocycles. The van der Waals surface area contributed by atoms with Crippen LogP contribution in [0.1, 0.15) is 19.3 Å². The van der Waals surface area contributed by atoms with E-state index in [1.165, 1.54) is 5.69 Å². The van der Waals surface area contributed by atoms with E-state index in [1.54, 1.807) is 0 Å². The van der Waals surface area contributed by atoms with Crippen LogP contribution < -0.4 is 10.2 Å². The summed E-state index contributed by atoms with van der Waals surface area (Å²) in [6.07, 6.45) is 2.25. The molecule has 2 fully saturated rings. The molecule has 142 valence electrons. The summed E-state index contributed by atoms with van der Waals surface area (Å²) in [6, 6.07) is 10.6. The highest BCUT2D eigenvalue weighted by atomic mass is 16.2. The van der Waals surface area contributed by atoms with E-state index >= 15 is 0 Å². The number of para-hydroxylation sites is 1. The van der Waals surface area contributed by atoms with Gasteiger partial charge in [0.05, 0.1) is 5.92 Å². The number of piperidine rings is 1. The van der Waals surface area contributed by atoms with Crippen LogP contribution in [-0.2, 0) is 9.59 Å². The molecule has 0 aliphatic carbocycles. The lowest BCUT2D eigenvalue weighted by Gasteiger charge is -2.34. The molecule has 1 aromatic carbocycles. The zero-order chi connectivity index (χ0) is 18.5. The number of likely N-dealkylation sites (tertiary alicyclic amines) is 1. The number of amides is 2. The van der Waals surface area contributed by atoms with E-state index in [0.29, 0.717) is 19.5 Å². The smallest absolute Gasteiger partial charge is 0.225 e. The molecule has 0 aromatic heterocycles. The third-order valence-electron chi connectivity index (χ3n) is 5.37.